The molecule has 3 heteroatoms. The van der Waals surface area contributed by atoms with Gasteiger partial charge in [-0.15, -0.1) is 0 Å². The zero-order valence-corrected chi connectivity index (χ0v) is 8.80. The van der Waals surface area contributed by atoms with Crippen LogP contribution >= 0.6 is 15.9 Å². The Morgan fingerprint density at radius 1 is 1.36 bits per heavy atom. The predicted octanol–water partition coefficient (Wildman–Crippen LogP) is 1.49. The van der Waals surface area contributed by atoms with Gasteiger partial charge in [0.2, 0.25) is 0 Å². The SMILES string of the molecule is CC1CN(CCBr)CC(C)O1. The van der Waals surface area contributed by atoms with Crippen LogP contribution in [-0.4, -0.2) is 42.1 Å². The van der Waals surface area contributed by atoms with Gasteiger partial charge in [0.15, 0.2) is 0 Å². The molecule has 1 saturated heterocycles. The van der Waals surface area contributed by atoms with E-state index in [2.05, 4.69) is 34.7 Å². The van der Waals surface area contributed by atoms with E-state index in [9.17, 15) is 0 Å². The molecule has 1 heterocycles. The number of hydrogen-bond acceptors (Lipinski definition) is 2. The molecule has 0 aromatic rings. The van der Waals surface area contributed by atoms with Crippen molar-refractivity contribution >= 4 is 15.9 Å². The number of ether oxygens (including phenoxy) is 1. The fourth-order valence-electron chi connectivity index (χ4n) is 1.59. The van der Waals surface area contributed by atoms with Crippen molar-refractivity contribution in [3.63, 3.8) is 0 Å². The minimum absolute atomic E-state index is 0.401. The van der Waals surface area contributed by atoms with E-state index in [1.54, 1.807) is 0 Å². The van der Waals surface area contributed by atoms with Gasteiger partial charge in [-0.25, -0.2) is 0 Å². The van der Waals surface area contributed by atoms with E-state index in [4.69, 9.17) is 4.74 Å². The highest BCUT2D eigenvalue weighted by atomic mass is 79.9. The van der Waals surface area contributed by atoms with Crippen molar-refractivity contribution in [2.75, 3.05) is 25.0 Å². The number of alkyl halides is 1. The summed E-state index contributed by atoms with van der Waals surface area (Å²) in [6, 6.07) is 0. The summed E-state index contributed by atoms with van der Waals surface area (Å²) in [5, 5.41) is 1.06. The van der Waals surface area contributed by atoms with Gasteiger partial charge in [0, 0.05) is 25.0 Å². The van der Waals surface area contributed by atoms with E-state index in [0.717, 1.165) is 25.0 Å². The Bertz CT molecular complexity index is 111. The lowest BCUT2D eigenvalue weighted by Crippen LogP contribution is -2.45. The second-order valence-electron chi connectivity index (χ2n) is 3.21. The van der Waals surface area contributed by atoms with Crippen LogP contribution in [-0.2, 0) is 4.74 Å². The molecule has 2 atom stereocenters. The smallest absolute Gasteiger partial charge is 0.0678 e. The summed E-state index contributed by atoms with van der Waals surface area (Å²) in [4.78, 5) is 2.44. The third-order valence-corrected chi connectivity index (χ3v) is 2.25. The number of halogens is 1. The molecule has 66 valence electrons. The molecule has 0 aromatic carbocycles. The average Bonchev–Trinajstić information content (AvgIpc) is 1.85. The summed E-state index contributed by atoms with van der Waals surface area (Å²) < 4.78 is 5.61. The van der Waals surface area contributed by atoms with E-state index < -0.39 is 0 Å². The first-order valence-corrected chi connectivity index (χ1v) is 5.28. The highest BCUT2D eigenvalue weighted by Crippen LogP contribution is 2.09. The van der Waals surface area contributed by atoms with E-state index in [1.807, 2.05) is 0 Å². The van der Waals surface area contributed by atoms with E-state index in [-0.39, 0.29) is 0 Å². The van der Waals surface area contributed by atoms with Gasteiger partial charge in [-0.1, -0.05) is 15.9 Å². The third-order valence-electron chi connectivity index (χ3n) is 1.90. The van der Waals surface area contributed by atoms with E-state index in [1.165, 1.54) is 0 Å². The van der Waals surface area contributed by atoms with Crippen LogP contribution in [0.15, 0.2) is 0 Å². The first-order valence-electron chi connectivity index (χ1n) is 4.16. The zero-order valence-electron chi connectivity index (χ0n) is 7.22. The molecule has 1 aliphatic rings. The first-order chi connectivity index (χ1) is 5.22. The quantitative estimate of drug-likeness (QED) is 0.656. The Morgan fingerprint density at radius 2 is 1.91 bits per heavy atom. The largest absolute Gasteiger partial charge is 0.373 e. The fourth-order valence-corrected chi connectivity index (χ4v) is 2.09. The Balaban J connectivity index is 2.30. The minimum Gasteiger partial charge on any atom is -0.373 e. The summed E-state index contributed by atoms with van der Waals surface area (Å²) in [7, 11) is 0. The van der Waals surface area contributed by atoms with E-state index in [0.29, 0.717) is 12.2 Å². The lowest BCUT2D eigenvalue weighted by Gasteiger charge is -2.34. The maximum atomic E-state index is 5.61. The third kappa shape index (κ3) is 3.09. The lowest BCUT2D eigenvalue weighted by molar-refractivity contribution is -0.0660. The second kappa shape index (κ2) is 4.43. The molecule has 1 fully saturated rings. The molecule has 0 aliphatic carbocycles. The molecule has 0 spiro atoms. The standard InChI is InChI=1S/C8H16BrNO/c1-7-5-10(4-3-9)6-8(2)11-7/h7-8H,3-6H2,1-2H3. The molecule has 0 aromatic heterocycles. The van der Waals surface area contributed by atoms with Crippen molar-refractivity contribution in [2.24, 2.45) is 0 Å². The molecule has 2 unspecified atom stereocenters. The van der Waals surface area contributed by atoms with Crippen LogP contribution in [0, 0.1) is 0 Å². The van der Waals surface area contributed by atoms with Gasteiger partial charge in [0.05, 0.1) is 12.2 Å². The Labute approximate surface area is 77.0 Å². The molecular formula is C8H16BrNO. The maximum Gasteiger partial charge on any atom is 0.0678 e. The molecule has 2 nitrogen and oxygen atoms in total. The van der Waals surface area contributed by atoms with Gasteiger partial charge in [-0.3, -0.25) is 4.90 Å². The van der Waals surface area contributed by atoms with Crippen LogP contribution in [0.3, 0.4) is 0 Å². The topological polar surface area (TPSA) is 12.5 Å². The molecular weight excluding hydrogens is 206 g/mol. The van der Waals surface area contributed by atoms with Gasteiger partial charge in [-0.2, -0.15) is 0 Å². The van der Waals surface area contributed by atoms with Crippen molar-refractivity contribution in [1.82, 2.24) is 4.90 Å². The molecule has 0 bridgehead atoms. The Morgan fingerprint density at radius 3 is 2.36 bits per heavy atom. The predicted molar refractivity (Wildman–Crippen MR) is 50.2 cm³/mol. The first kappa shape index (κ1) is 9.49. The number of rotatable bonds is 2. The monoisotopic (exact) mass is 221 g/mol. The Kier molecular flexibility index (Phi) is 3.82. The van der Waals surface area contributed by atoms with Crippen molar-refractivity contribution < 1.29 is 4.74 Å². The summed E-state index contributed by atoms with van der Waals surface area (Å²) in [5.74, 6) is 0. The van der Waals surface area contributed by atoms with Crippen LogP contribution in [0.4, 0.5) is 0 Å². The van der Waals surface area contributed by atoms with Crippen LogP contribution in [0.25, 0.3) is 0 Å². The summed E-state index contributed by atoms with van der Waals surface area (Å²) in [6.07, 6.45) is 0.801. The van der Waals surface area contributed by atoms with Crippen LogP contribution in [0.5, 0.6) is 0 Å². The molecule has 1 aliphatic heterocycles. The highest BCUT2D eigenvalue weighted by molar-refractivity contribution is 9.09. The number of morpholine rings is 1. The average molecular weight is 222 g/mol. The van der Waals surface area contributed by atoms with Crippen LogP contribution < -0.4 is 0 Å². The van der Waals surface area contributed by atoms with Crippen LogP contribution in [0.1, 0.15) is 13.8 Å². The second-order valence-corrected chi connectivity index (χ2v) is 4.00. The van der Waals surface area contributed by atoms with Crippen molar-refractivity contribution in [3.05, 3.63) is 0 Å². The summed E-state index contributed by atoms with van der Waals surface area (Å²) >= 11 is 3.44. The maximum absolute atomic E-state index is 5.61. The molecule has 1 rings (SSSR count). The molecule has 0 saturated carbocycles. The van der Waals surface area contributed by atoms with E-state index >= 15 is 0 Å². The highest BCUT2D eigenvalue weighted by Gasteiger charge is 2.20. The minimum atomic E-state index is 0.401. The van der Waals surface area contributed by atoms with Gasteiger partial charge >= 0.3 is 0 Å². The number of nitrogens with zero attached hydrogens (tertiary/aromatic N) is 1. The van der Waals surface area contributed by atoms with Gasteiger partial charge in [0.1, 0.15) is 0 Å². The van der Waals surface area contributed by atoms with Gasteiger partial charge in [0.25, 0.3) is 0 Å². The number of hydrogen-bond donors (Lipinski definition) is 0. The van der Waals surface area contributed by atoms with Crippen molar-refractivity contribution in [1.29, 1.82) is 0 Å². The molecule has 0 radical (unpaired) electrons. The van der Waals surface area contributed by atoms with Crippen molar-refractivity contribution in [3.8, 4) is 0 Å². The zero-order chi connectivity index (χ0) is 8.27. The van der Waals surface area contributed by atoms with Gasteiger partial charge < -0.3 is 4.74 Å². The molecule has 0 amide bonds. The lowest BCUT2D eigenvalue weighted by atomic mass is 10.2. The Hall–Kier alpha value is 0.400. The van der Waals surface area contributed by atoms with Crippen molar-refractivity contribution in [2.45, 2.75) is 26.1 Å². The normalized spacial score (nSPS) is 34.1. The molecule has 0 N–H and O–H groups in total. The summed E-state index contributed by atoms with van der Waals surface area (Å²) in [5.41, 5.74) is 0. The van der Waals surface area contributed by atoms with Crippen LogP contribution in [0.2, 0.25) is 0 Å². The fraction of sp³-hybridized carbons (Fsp3) is 1.00. The summed E-state index contributed by atoms with van der Waals surface area (Å²) in [6.45, 7) is 7.57. The molecule has 11 heavy (non-hydrogen) atoms. The van der Waals surface area contributed by atoms with Gasteiger partial charge in [-0.05, 0) is 13.8 Å².